The van der Waals surface area contributed by atoms with Gasteiger partial charge >= 0.3 is 0 Å². The molecule has 0 bridgehead atoms. The van der Waals surface area contributed by atoms with Gasteiger partial charge < -0.3 is 9.64 Å². The minimum atomic E-state index is -0.244. The summed E-state index contributed by atoms with van der Waals surface area (Å²) in [4.78, 5) is 15.3. The van der Waals surface area contributed by atoms with Gasteiger partial charge in [-0.25, -0.2) is 0 Å². The Morgan fingerprint density at radius 2 is 2.19 bits per heavy atom. The van der Waals surface area contributed by atoms with Crippen LogP contribution in [0, 0.1) is 5.41 Å². The number of thioether (sulfide) groups is 1. The fourth-order valence-corrected chi connectivity index (χ4v) is 4.63. The molecule has 0 spiro atoms. The molecule has 2 aliphatic heterocycles. The minimum Gasteiger partial charge on any atom is -0.381 e. The average Bonchev–Trinajstić information content (AvgIpc) is 2.74. The summed E-state index contributed by atoms with van der Waals surface area (Å²) < 4.78 is 5.48. The predicted molar refractivity (Wildman–Crippen MR) is 89.7 cm³/mol. The second kappa shape index (κ2) is 8.23. The highest BCUT2D eigenvalue weighted by Gasteiger charge is 2.42. The van der Waals surface area contributed by atoms with Crippen LogP contribution >= 0.6 is 11.8 Å². The Morgan fingerprint density at radius 3 is 2.86 bits per heavy atom. The molecule has 0 aliphatic carbocycles. The maximum absolute atomic E-state index is 13.2. The fourth-order valence-electron chi connectivity index (χ4n) is 3.54. The van der Waals surface area contributed by atoms with Gasteiger partial charge in [0.2, 0.25) is 5.91 Å². The number of carbonyl (C=O) groups is 1. The molecule has 2 heterocycles. The number of hydrogen-bond acceptors (Lipinski definition) is 3. The molecule has 4 heteroatoms. The molecule has 0 aromatic heterocycles. The van der Waals surface area contributed by atoms with Gasteiger partial charge in [0.05, 0.1) is 5.41 Å². The summed E-state index contributed by atoms with van der Waals surface area (Å²) >= 11 is 2.01. The molecule has 2 aliphatic rings. The molecule has 3 nitrogen and oxygen atoms in total. The van der Waals surface area contributed by atoms with E-state index < -0.39 is 0 Å². The fraction of sp³-hybridized carbons (Fsp3) is 0.824. The third-order valence-corrected chi connectivity index (χ3v) is 5.95. The number of carbonyl (C=O) groups excluding carboxylic acids is 1. The second-order valence-electron chi connectivity index (χ2n) is 6.21. The highest BCUT2D eigenvalue weighted by Crippen LogP contribution is 2.37. The highest BCUT2D eigenvalue weighted by molar-refractivity contribution is 7.99. The lowest BCUT2D eigenvalue weighted by Gasteiger charge is -2.39. The Hall–Kier alpha value is -0.480. The van der Waals surface area contributed by atoms with Gasteiger partial charge in [0.15, 0.2) is 0 Å². The number of likely N-dealkylation sites (tertiary alicyclic amines) is 1. The van der Waals surface area contributed by atoms with Crippen molar-refractivity contribution < 1.29 is 9.53 Å². The van der Waals surface area contributed by atoms with Crippen LogP contribution in [-0.4, -0.2) is 48.1 Å². The number of allylic oxidation sites excluding steroid dienone is 1. The van der Waals surface area contributed by atoms with Crippen molar-refractivity contribution in [3.63, 3.8) is 0 Å². The molecule has 1 atom stereocenters. The largest absolute Gasteiger partial charge is 0.381 e. The van der Waals surface area contributed by atoms with E-state index in [0.717, 1.165) is 44.5 Å². The van der Waals surface area contributed by atoms with E-state index in [0.29, 0.717) is 24.4 Å². The van der Waals surface area contributed by atoms with Gasteiger partial charge in [-0.15, -0.1) is 6.58 Å². The van der Waals surface area contributed by atoms with Crippen LogP contribution in [0.15, 0.2) is 12.7 Å². The number of ether oxygens (including phenoxy) is 1. The maximum atomic E-state index is 13.2. The van der Waals surface area contributed by atoms with Gasteiger partial charge in [0.1, 0.15) is 0 Å². The molecule has 1 amide bonds. The molecule has 0 N–H and O–H groups in total. The van der Waals surface area contributed by atoms with E-state index in [1.807, 2.05) is 17.8 Å². The summed E-state index contributed by atoms with van der Waals surface area (Å²) in [7, 11) is 0. The lowest BCUT2D eigenvalue weighted by Crippen LogP contribution is -2.48. The first-order valence-corrected chi connectivity index (χ1v) is 9.36. The van der Waals surface area contributed by atoms with Crippen molar-refractivity contribution in [2.24, 2.45) is 5.41 Å². The van der Waals surface area contributed by atoms with Gasteiger partial charge in [0.25, 0.3) is 0 Å². The molecule has 120 valence electrons. The number of nitrogens with zero attached hydrogens (tertiary/aromatic N) is 1. The van der Waals surface area contributed by atoms with Gasteiger partial charge in [-0.05, 0) is 37.9 Å². The smallest absolute Gasteiger partial charge is 0.229 e. The van der Waals surface area contributed by atoms with Crippen molar-refractivity contribution in [1.29, 1.82) is 0 Å². The normalized spacial score (nSPS) is 26.1. The zero-order valence-corrected chi connectivity index (χ0v) is 14.1. The van der Waals surface area contributed by atoms with Crippen LogP contribution in [0.4, 0.5) is 0 Å². The Kier molecular flexibility index (Phi) is 6.62. The summed E-state index contributed by atoms with van der Waals surface area (Å²) in [6, 6.07) is 0. The first-order valence-electron chi connectivity index (χ1n) is 8.31. The number of amides is 1. The highest BCUT2D eigenvalue weighted by atomic mass is 32.2. The molecule has 2 saturated heterocycles. The van der Waals surface area contributed by atoms with E-state index >= 15 is 0 Å². The van der Waals surface area contributed by atoms with Gasteiger partial charge in [-0.2, -0.15) is 11.8 Å². The molecule has 0 saturated carbocycles. The van der Waals surface area contributed by atoms with Crippen LogP contribution in [0.5, 0.6) is 0 Å². The van der Waals surface area contributed by atoms with Gasteiger partial charge in [0, 0.05) is 31.6 Å². The lowest BCUT2D eigenvalue weighted by molar-refractivity contribution is -0.147. The Labute approximate surface area is 133 Å². The first-order chi connectivity index (χ1) is 10.2. The standard InChI is InChI=1S/C17H29NO2S/c1-3-8-17(9-12-20-13-10-17)16(19)18-11-6-5-7-15(14-18)21-4-2/h3,15H,1,4-14H2,2H3. The zero-order valence-electron chi connectivity index (χ0n) is 13.3. The SMILES string of the molecule is C=CCC1(C(=O)N2CCCCC(SCC)C2)CCOCC1. The summed E-state index contributed by atoms with van der Waals surface area (Å²) in [6.07, 6.45) is 8.04. The van der Waals surface area contributed by atoms with Crippen LogP contribution in [-0.2, 0) is 9.53 Å². The monoisotopic (exact) mass is 311 g/mol. The molecule has 21 heavy (non-hydrogen) atoms. The molecule has 2 rings (SSSR count). The maximum Gasteiger partial charge on any atom is 0.229 e. The van der Waals surface area contributed by atoms with Gasteiger partial charge in [-0.3, -0.25) is 4.79 Å². The van der Waals surface area contributed by atoms with Crippen molar-refractivity contribution in [1.82, 2.24) is 4.90 Å². The van der Waals surface area contributed by atoms with Crippen LogP contribution in [0.1, 0.15) is 45.4 Å². The Bertz CT molecular complexity index is 353. The van der Waals surface area contributed by atoms with Crippen LogP contribution in [0.2, 0.25) is 0 Å². The lowest BCUT2D eigenvalue weighted by atomic mass is 9.76. The summed E-state index contributed by atoms with van der Waals surface area (Å²) in [6.45, 7) is 9.36. The summed E-state index contributed by atoms with van der Waals surface area (Å²) in [5, 5.41) is 0.613. The Morgan fingerprint density at radius 1 is 1.43 bits per heavy atom. The van der Waals surface area contributed by atoms with Crippen molar-refractivity contribution in [2.45, 2.75) is 50.7 Å². The number of rotatable bonds is 5. The van der Waals surface area contributed by atoms with Gasteiger partial charge in [-0.1, -0.05) is 19.4 Å². The topological polar surface area (TPSA) is 29.5 Å². The van der Waals surface area contributed by atoms with E-state index in [4.69, 9.17) is 4.74 Å². The summed E-state index contributed by atoms with van der Waals surface area (Å²) in [5.74, 6) is 1.49. The summed E-state index contributed by atoms with van der Waals surface area (Å²) in [5.41, 5.74) is -0.244. The molecule has 0 aromatic carbocycles. The third kappa shape index (κ3) is 4.26. The average molecular weight is 311 g/mol. The zero-order chi connectivity index (χ0) is 15.1. The molecule has 0 radical (unpaired) electrons. The van der Waals surface area contributed by atoms with Crippen LogP contribution < -0.4 is 0 Å². The van der Waals surface area contributed by atoms with Crippen LogP contribution in [0.25, 0.3) is 0 Å². The van der Waals surface area contributed by atoms with Crippen molar-refractivity contribution in [3.05, 3.63) is 12.7 Å². The van der Waals surface area contributed by atoms with Crippen molar-refractivity contribution in [3.8, 4) is 0 Å². The second-order valence-corrected chi connectivity index (χ2v) is 7.79. The molecule has 2 fully saturated rings. The molecular formula is C17H29NO2S. The predicted octanol–water partition coefficient (Wildman–Crippen LogP) is 3.49. The quantitative estimate of drug-likeness (QED) is 0.728. The van der Waals surface area contributed by atoms with Crippen molar-refractivity contribution in [2.75, 3.05) is 32.1 Å². The number of hydrogen-bond donors (Lipinski definition) is 0. The third-order valence-electron chi connectivity index (χ3n) is 4.76. The molecule has 1 unspecified atom stereocenters. The van der Waals surface area contributed by atoms with Crippen LogP contribution in [0.3, 0.4) is 0 Å². The first kappa shape index (κ1) is 16.9. The Balaban J connectivity index is 2.08. The minimum absolute atomic E-state index is 0.244. The van der Waals surface area contributed by atoms with E-state index in [9.17, 15) is 4.79 Å². The van der Waals surface area contributed by atoms with E-state index in [-0.39, 0.29) is 5.41 Å². The van der Waals surface area contributed by atoms with E-state index in [1.165, 1.54) is 12.8 Å². The molecule has 0 aromatic rings. The van der Waals surface area contributed by atoms with Crippen molar-refractivity contribution >= 4 is 17.7 Å². The molecular weight excluding hydrogens is 282 g/mol. The van der Waals surface area contributed by atoms with E-state index in [1.54, 1.807) is 0 Å². The van der Waals surface area contributed by atoms with E-state index in [2.05, 4.69) is 18.4 Å².